The minimum Gasteiger partial charge on any atom is -0.381 e. The first kappa shape index (κ1) is 13.7. The molecule has 0 unspecified atom stereocenters. The molecule has 2 amide bonds. The van der Waals surface area contributed by atoms with E-state index in [1.54, 1.807) is 4.90 Å². The van der Waals surface area contributed by atoms with Crippen LogP contribution in [-0.2, 0) is 11.2 Å². The van der Waals surface area contributed by atoms with Gasteiger partial charge in [0.2, 0.25) is 0 Å². The molecule has 0 radical (unpaired) electrons. The van der Waals surface area contributed by atoms with Gasteiger partial charge in [0.15, 0.2) is 0 Å². The third-order valence-corrected chi connectivity index (χ3v) is 4.45. The average molecular weight is 295 g/mol. The van der Waals surface area contributed by atoms with E-state index in [4.69, 9.17) is 16.3 Å². The molecule has 2 aliphatic rings. The number of hydrogen-bond donors (Lipinski definition) is 1. The van der Waals surface area contributed by atoms with Crippen LogP contribution in [0.15, 0.2) is 18.2 Å². The maximum Gasteiger partial charge on any atom is 0.322 e. The average Bonchev–Trinajstić information content (AvgIpc) is 3.07. The molecule has 1 saturated heterocycles. The summed E-state index contributed by atoms with van der Waals surface area (Å²) < 4.78 is 5.37. The molecule has 1 aromatic carbocycles. The third-order valence-electron chi connectivity index (χ3n) is 4.21. The Labute approximate surface area is 124 Å². The van der Waals surface area contributed by atoms with Crippen molar-refractivity contribution in [1.82, 2.24) is 5.32 Å². The number of halogens is 1. The standard InChI is InChI=1S/C15H19ClN2O2/c1-10(12-5-7-20-9-12)17-15(19)18-6-4-11-2-3-13(16)8-14(11)18/h2-3,8,10,12H,4-7,9H2,1H3,(H,17,19)/t10-,12+/m0/s1. The fourth-order valence-corrected chi connectivity index (χ4v) is 3.07. The Balaban J connectivity index is 1.68. The molecule has 0 bridgehead atoms. The van der Waals surface area contributed by atoms with Crippen molar-refractivity contribution in [2.75, 3.05) is 24.7 Å². The minimum atomic E-state index is -0.0367. The SMILES string of the molecule is C[C@H](NC(=O)N1CCc2ccc(Cl)cc21)[C@@H]1CCOC1. The Morgan fingerprint density at radius 2 is 2.40 bits per heavy atom. The highest BCUT2D eigenvalue weighted by Crippen LogP contribution is 2.30. The zero-order valence-electron chi connectivity index (χ0n) is 11.6. The predicted molar refractivity (Wildman–Crippen MR) is 79.4 cm³/mol. The first-order valence-electron chi connectivity index (χ1n) is 7.09. The zero-order valence-corrected chi connectivity index (χ0v) is 12.3. The molecule has 3 rings (SSSR count). The van der Waals surface area contributed by atoms with Crippen molar-refractivity contribution in [2.45, 2.75) is 25.8 Å². The van der Waals surface area contributed by atoms with Crippen LogP contribution < -0.4 is 10.2 Å². The van der Waals surface area contributed by atoms with Crippen molar-refractivity contribution in [2.24, 2.45) is 5.92 Å². The van der Waals surface area contributed by atoms with Crippen LogP contribution in [0.4, 0.5) is 10.5 Å². The summed E-state index contributed by atoms with van der Waals surface area (Å²) in [6, 6.07) is 5.84. The Morgan fingerprint density at radius 3 is 3.15 bits per heavy atom. The van der Waals surface area contributed by atoms with E-state index in [1.807, 2.05) is 25.1 Å². The first-order valence-corrected chi connectivity index (χ1v) is 7.47. The molecule has 2 aliphatic heterocycles. The summed E-state index contributed by atoms with van der Waals surface area (Å²) in [5.41, 5.74) is 2.12. The maximum absolute atomic E-state index is 12.4. The van der Waals surface area contributed by atoms with Crippen LogP contribution in [0, 0.1) is 5.92 Å². The van der Waals surface area contributed by atoms with Gasteiger partial charge in [0.1, 0.15) is 0 Å². The Hall–Kier alpha value is -1.26. The molecule has 0 saturated carbocycles. The monoisotopic (exact) mass is 294 g/mol. The van der Waals surface area contributed by atoms with Gasteiger partial charge in [-0.15, -0.1) is 0 Å². The molecule has 0 aromatic heterocycles. The molecule has 1 N–H and O–H groups in total. The lowest BCUT2D eigenvalue weighted by molar-refractivity contribution is 0.178. The summed E-state index contributed by atoms with van der Waals surface area (Å²) >= 11 is 6.03. The maximum atomic E-state index is 12.4. The van der Waals surface area contributed by atoms with Gasteiger partial charge in [0.25, 0.3) is 0 Å². The summed E-state index contributed by atoms with van der Waals surface area (Å²) in [6.45, 7) is 4.30. The molecule has 0 aliphatic carbocycles. The van der Waals surface area contributed by atoms with Crippen molar-refractivity contribution >= 4 is 23.3 Å². The number of hydrogen-bond acceptors (Lipinski definition) is 2. The summed E-state index contributed by atoms with van der Waals surface area (Å²) in [5.74, 6) is 0.417. The van der Waals surface area contributed by atoms with E-state index < -0.39 is 0 Å². The van der Waals surface area contributed by atoms with Crippen LogP contribution in [0.5, 0.6) is 0 Å². The van der Waals surface area contributed by atoms with Crippen LogP contribution in [0.1, 0.15) is 18.9 Å². The fraction of sp³-hybridized carbons (Fsp3) is 0.533. The summed E-state index contributed by atoms with van der Waals surface area (Å²) in [5, 5.41) is 3.76. The van der Waals surface area contributed by atoms with Gasteiger partial charge in [-0.3, -0.25) is 4.90 Å². The second kappa shape index (κ2) is 5.62. The van der Waals surface area contributed by atoms with Crippen molar-refractivity contribution in [3.8, 4) is 0 Å². The number of ether oxygens (including phenoxy) is 1. The number of carbonyl (C=O) groups excluding carboxylic acids is 1. The van der Waals surface area contributed by atoms with Crippen LogP contribution in [0.3, 0.4) is 0 Å². The van der Waals surface area contributed by atoms with Crippen LogP contribution in [0.2, 0.25) is 5.02 Å². The first-order chi connectivity index (χ1) is 9.65. The van der Waals surface area contributed by atoms with E-state index >= 15 is 0 Å². The smallest absolute Gasteiger partial charge is 0.322 e. The highest BCUT2D eigenvalue weighted by Gasteiger charge is 2.28. The number of nitrogens with zero attached hydrogens (tertiary/aromatic N) is 1. The van der Waals surface area contributed by atoms with E-state index in [-0.39, 0.29) is 12.1 Å². The number of nitrogens with one attached hydrogen (secondary N) is 1. The predicted octanol–water partition coefficient (Wildman–Crippen LogP) is 2.84. The fourth-order valence-electron chi connectivity index (χ4n) is 2.90. The van der Waals surface area contributed by atoms with Gasteiger partial charge in [-0.05, 0) is 37.5 Å². The number of benzene rings is 1. The number of urea groups is 1. The molecule has 108 valence electrons. The number of fused-ring (bicyclic) bond motifs is 1. The summed E-state index contributed by atoms with van der Waals surface area (Å²) in [6.07, 6.45) is 1.91. The van der Waals surface area contributed by atoms with Gasteiger partial charge in [0, 0.05) is 30.1 Å². The summed E-state index contributed by atoms with van der Waals surface area (Å²) in [7, 11) is 0. The van der Waals surface area contributed by atoms with Crippen LogP contribution in [-0.4, -0.2) is 31.8 Å². The Bertz CT molecular complexity index is 515. The lowest BCUT2D eigenvalue weighted by Gasteiger charge is -2.24. The lowest BCUT2D eigenvalue weighted by atomic mass is 10.0. The molecule has 1 aromatic rings. The van der Waals surface area contributed by atoms with E-state index in [1.165, 1.54) is 5.56 Å². The molecule has 2 atom stereocenters. The minimum absolute atomic E-state index is 0.0367. The molecule has 2 heterocycles. The van der Waals surface area contributed by atoms with E-state index in [9.17, 15) is 4.79 Å². The number of amides is 2. The van der Waals surface area contributed by atoms with Gasteiger partial charge < -0.3 is 10.1 Å². The zero-order chi connectivity index (χ0) is 14.1. The van der Waals surface area contributed by atoms with Gasteiger partial charge in [-0.25, -0.2) is 4.79 Å². The van der Waals surface area contributed by atoms with Gasteiger partial charge >= 0.3 is 6.03 Å². The number of carbonyl (C=O) groups is 1. The third kappa shape index (κ3) is 2.63. The molecule has 20 heavy (non-hydrogen) atoms. The van der Waals surface area contributed by atoms with E-state index in [0.29, 0.717) is 10.9 Å². The molecule has 1 fully saturated rings. The normalized spacial score (nSPS) is 22.7. The van der Waals surface area contributed by atoms with Gasteiger partial charge in [-0.1, -0.05) is 17.7 Å². The largest absolute Gasteiger partial charge is 0.381 e. The second-order valence-corrected chi connectivity index (χ2v) is 5.97. The lowest BCUT2D eigenvalue weighted by Crippen LogP contribution is -2.46. The number of anilines is 1. The number of rotatable bonds is 2. The molecular formula is C15H19ClN2O2. The topological polar surface area (TPSA) is 41.6 Å². The molecular weight excluding hydrogens is 276 g/mol. The highest BCUT2D eigenvalue weighted by atomic mass is 35.5. The van der Waals surface area contributed by atoms with Gasteiger partial charge in [0.05, 0.1) is 12.3 Å². The summed E-state index contributed by atoms with van der Waals surface area (Å²) in [4.78, 5) is 14.2. The van der Waals surface area contributed by atoms with Crippen LogP contribution >= 0.6 is 11.6 Å². The molecule has 4 nitrogen and oxygen atoms in total. The van der Waals surface area contributed by atoms with Crippen molar-refractivity contribution in [1.29, 1.82) is 0 Å². The van der Waals surface area contributed by atoms with Gasteiger partial charge in [-0.2, -0.15) is 0 Å². The highest BCUT2D eigenvalue weighted by molar-refractivity contribution is 6.31. The Kier molecular flexibility index (Phi) is 3.85. The quantitative estimate of drug-likeness (QED) is 0.911. The van der Waals surface area contributed by atoms with Crippen molar-refractivity contribution < 1.29 is 9.53 Å². The molecule has 0 spiro atoms. The second-order valence-electron chi connectivity index (χ2n) is 5.54. The Morgan fingerprint density at radius 1 is 1.55 bits per heavy atom. The van der Waals surface area contributed by atoms with E-state index in [0.717, 1.165) is 38.3 Å². The van der Waals surface area contributed by atoms with E-state index in [2.05, 4.69) is 5.32 Å². The molecule has 5 heteroatoms. The van der Waals surface area contributed by atoms with Crippen LogP contribution in [0.25, 0.3) is 0 Å². The van der Waals surface area contributed by atoms with Crippen molar-refractivity contribution in [3.05, 3.63) is 28.8 Å². The van der Waals surface area contributed by atoms with Crippen molar-refractivity contribution in [3.63, 3.8) is 0 Å².